The third-order valence-corrected chi connectivity index (χ3v) is 5.02. The van der Waals surface area contributed by atoms with E-state index in [1.807, 2.05) is 0 Å². The number of carbonyl (C=O) groups is 2. The number of anilines is 2. The molecule has 1 aromatic carbocycles. The van der Waals surface area contributed by atoms with Crippen molar-refractivity contribution in [3.63, 3.8) is 0 Å². The third kappa shape index (κ3) is 7.63. The van der Waals surface area contributed by atoms with Crippen LogP contribution < -0.4 is 25.4 Å². The molecule has 1 heterocycles. The van der Waals surface area contributed by atoms with Crippen LogP contribution in [0.3, 0.4) is 0 Å². The molecule has 11 heteroatoms. The second kappa shape index (κ2) is 12.8. The van der Waals surface area contributed by atoms with Crippen LogP contribution in [0.4, 0.5) is 11.4 Å². The fourth-order valence-corrected chi connectivity index (χ4v) is 3.48. The number of hydrogen-bond acceptors (Lipinski definition) is 8. The van der Waals surface area contributed by atoms with E-state index >= 15 is 0 Å². The lowest BCUT2D eigenvalue weighted by Gasteiger charge is -2.07. The van der Waals surface area contributed by atoms with Gasteiger partial charge in [-0.05, 0) is 25.1 Å². The smallest absolute Gasteiger partial charge is 0.354 e. The Morgan fingerprint density at radius 1 is 1.30 bits per heavy atom. The summed E-state index contributed by atoms with van der Waals surface area (Å²) in [5.74, 6) is -1.73. The molecule has 0 radical (unpaired) electrons. The number of hydrogen-bond donors (Lipinski definition) is 3. The van der Waals surface area contributed by atoms with Crippen molar-refractivity contribution in [3.05, 3.63) is 55.6 Å². The summed E-state index contributed by atoms with van der Waals surface area (Å²) in [6, 6.07) is 8.45. The van der Waals surface area contributed by atoms with Crippen LogP contribution >= 0.6 is 11.3 Å². The molecule has 0 aliphatic rings. The number of nitrogens with one attached hydrogen (secondary N) is 2. The number of carbonyl (C=O) groups excluding carboxylic acids is 1. The van der Waals surface area contributed by atoms with Gasteiger partial charge in [-0.1, -0.05) is 28.9 Å². The highest BCUT2D eigenvalue weighted by Gasteiger charge is 2.07. The van der Waals surface area contributed by atoms with Gasteiger partial charge in [-0.3, -0.25) is 14.2 Å². The van der Waals surface area contributed by atoms with Crippen LogP contribution in [0.2, 0.25) is 0 Å². The summed E-state index contributed by atoms with van der Waals surface area (Å²) in [5, 5.41) is 23.6. The molecule has 1 aromatic heterocycles. The molecule has 0 fully saturated rings. The van der Waals surface area contributed by atoms with Gasteiger partial charge in [0.15, 0.2) is 5.57 Å². The molecule has 0 saturated carbocycles. The maximum absolute atomic E-state index is 12.5. The Morgan fingerprint density at radius 2 is 2.06 bits per heavy atom. The van der Waals surface area contributed by atoms with Crippen molar-refractivity contribution >= 4 is 46.1 Å². The summed E-state index contributed by atoms with van der Waals surface area (Å²) in [7, 11) is 1.55. The summed E-state index contributed by atoms with van der Waals surface area (Å²) in [5.41, 5.74) is 5.52. The maximum Gasteiger partial charge on any atom is 0.354 e. The van der Waals surface area contributed by atoms with E-state index in [2.05, 4.69) is 22.1 Å². The van der Waals surface area contributed by atoms with Crippen LogP contribution in [0.5, 0.6) is 0 Å². The van der Waals surface area contributed by atoms with Gasteiger partial charge in [0.1, 0.15) is 21.9 Å². The minimum atomic E-state index is -1.42. The number of ether oxygens (including phenoxy) is 2. The van der Waals surface area contributed by atoms with E-state index in [1.54, 1.807) is 44.4 Å². The molecule has 2 aromatic rings. The number of carboxylic acid groups (broad SMARTS) is 1. The quantitative estimate of drug-likeness (QED) is 0.258. The molecule has 172 valence electrons. The van der Waals surface area contributed by atoms with E-state index in [0.717, 1.165) is 11.3 Å². The first-order chi connectivity index (χ1) is 15.9. The van der Waals surface area contributed by atoms with Gasteiger partial charge in [-0.2, -0.15) is 5.26 Å². The first-order valence-corrected chi connectivity index (χ1v) is 10.5. The van der Waals surface area contributed by atoms with Gasteiger partial charge < -0.3 is 25.2 Å². The first-order valence-electron chi connectivity index (χ1n) is 9.71. The Kier molecular flexibility index (Phi) is 9.86. The van der Waals surface area contributed by atoms with Crippen molar-refractivity contribution in [2.45, 2.75) is 13.5 Å². The van der Waals surface area contributed by atoms with Gasteiger partial charge in [-0.25, -0.2) is 4.79 Å². The normalized spacial score (nSPS) is 9.85. The van der Waals surface area contributed by atoms with Crippen LogP contribution in [0.25, 0.3) is 11.5 Å². The molecule has 0 bridgehead atoms. The van der Waals surface area contributed by atoms with Crippen LogP contribution in [-0.4, -0.2) is 48.5 Å². The number of nitriles is 1. The number of rotatable bonds is 10. The van der Waals surface area contributed by atoms with Crippen molar-refractivity contribution in [1.29, 1.82) is 5.26 Å². The van der Waals surface area contributed by atoms with E-state index in [4.69, 9.17) is 19.8 Å². The molecule has 33 heavy (non-hydrogen) atoms. The maximum atomic E-state index is 12.5. The zero-order valence-corrected chi connectivity index (χ0v) is 18.8. The molecule has 2 rings (SSSR count). The average Bonchev–Trinajstić information content (AvgIpc) is 3.09. The number of benzene rings is 1. The molecule has 1 amide bonds. The number of carboxylic acids is 1. The Hall–Kier alpha value is -3.90. The van der Waals surface area contributed by atoms with Crippen molar-refractivity contribution in [2.24, 2.45) is 0 Å². The van der Waals surface area contributed by atoms with E-state index < -0.39 is 11.5 Å². The van der Waals surface area contributed by atoms with Crippen LogP contribution in [0.1, 0.15) is 6.92 Å². The summed E-state index contributed by atoms with van der Waals surface area (Å²) in [6.07, 6.45) is 1.43. The molecule has 0 unspecified atom stereocenters. The Balaban J connectivity index is 2.24. The molecule has 0 spiro atoms. The van der Waals surface area contributed by atoms with Gasteiger partial charge >= 0.3 is 5.97 Å². The molecular formula is C22H22N4O6S. The minimum absolute atomic E-state index is 0.0973. The number of aromatic nitrogens is 1. The van der Waals surface area contributed by atoms with Gasteiger partial charge in [0.25, 0.3) is 5.56 Å². The van der Waals surface area contributed by atoms with Gasteiger partial charge in [0, 0.05) is 31.2 Å². The average molecular weight is 471 g/mol. The summed E-state index contributed by atoms with van der Waals surface area (Å²) in [4.78, 5) is 35.5. The topological polar surface area (TPSA) is 143 Å². The number of thiazole rings is 1. The molecule has 10 nitrogen and oxygen atoms in total. The lowest BCUT2D eigenvalue weighted by molar-refractivity contribution is -0.132. The zero-order valence-electron chi connectivity index (χ0n) is 18.0. The SMILES string of the molecule is CCn1c(=C=C(C#N)C(=O)O)sc(=C=CNc2cccc(NC(=O)COCCOC)c2)c1=O. The number of amides is 1. The van der Waals surface area contributed by atoms with Crippen LogP contribution in [-0.2, 0) is 25.6 Å². The largest absolute Gasteiger partial charge is 0.477 e. The summed E-state index contributed by atoms with van der Waals surface area (Å²) in [6.45, 7) is 2.62. The Labute approximate surface area is 193 Å². The fraction of sp³-hybridized carbons (Fsp3) is 0.273. The number of nitrogens with zero attached hydrogens (tertiary/aromatic N) is 2. The number of aliphatic carboxylic acids is 1. The Bertz CT molecular complexity index is 1310. The van der Waals surface area contributed by atoms with E-state index in [0.29, 0.717) is 24.6 Å². The lowest BCUT2D eigenvalue weighted by Crippen LogP contribution is -2.30. The Morgan fingerprint density at radius 3 is 2.73 bits per heavy atom. The van der Waals surface area contributed by atoms with Crippen molar-refractivity contribution in [2.75, 3.05) is 37.6 Å². The van der Waals surface area contributed by atoms with Gasteiger partial charge in [0.05, 0.1) is 13.2 Å². The van der Waals surface area contributed by atoms with Crippen molar-refractivity contribution < 1.29 is 24.2 Å². The lowest BCUT2D eigenvalue weighted by atomic mass is 10.2. The highest BCUT2D eigenvalue weighted by atomic mass is 32.1. The highest BCUT2D eigenvalue weighted by molar-refractivity contribution is 7.07. The van der Waals surface area contributed by atoms with E-state index in [-0.39, 0.29) is 33.8 Å². The highest BCUT2D eigenvalue weighted by Crippen LogP contribution is 2.14. The van der Waals surface area contributed by atoms with Crippen molar-refractivity contribution in [3.8, 4) is 6.07 Å². The van der Waals surface area contributed by atoms with Crippen LogP contribution in [0, 0.1) is 11.3 Å². The standard InChI is InChI=1S/C22H22N4O6S/c1-3-26-20(11-15(13-23)22(29)30)33-18(21(26)28)7-8-24-16-5-4-6-17(12-16)25-19(27)14-32-10-9-31-2/h4-6,8,12,24H,3,9-10,14H2,1-2H3,(H,25,27)(H,29,30). The van der Waals surface area contributed by atoms with Gasteiger partial charge in [0.2, 0.25) is 5.91 Å². The minimum Gasteiger partial charge on any atom is -0.477 e. The summed E-state index contributed by atoms with van der Waals surface area (Å²) < 4.78 is 11.8. The van der Waals surface area contributed by atoms with E-state index in [1.165, 1.54) is 10.8 Å². The third-order valence-electron chi connectivity index (χ3n) is 4.01. The predicted molar refractivity (Wildman–Crippen MR) is 123 cm³/mol. The van der Waals surface area contributed by atoms with Gasteiger partial charge in [-0.15, -0.1) is 0 Å². The first kappa shape index (κ1) is 25.4. The molecule has 0 aliphatic heterocycles. The van der Waals surface area contributed by atoms with Crippen LogP contribution in [0.15, 0.2) is 40.8 Å². The summed E-state index contributed by atoms with van der Waals surface area (Å²) >= 11 is 0.971. The van der Waals surface area contributed by atoms with Crippen molar-refractivity contribution in [1.82, 2.24) is 4.57 Å². The molecule has 0 aliphatic carbocycles. The predicted octanol–water partition coefficient (Wildman–Crippen LogP) is 0.450. The molecule has 3 N–H and O–H groups in total. The molecule has 0 atom stereocenters. The molecular weight excluding hydrogens is 448 g/mol. The fourth-order valence-electron chi connectivity index (χ4n) is 2.49. The molecule has 0 saturated heterocycles. The second-order valence-electron chi connectivity index (χ2n) is 6.31. The van der Waals surface area contributed by atoms with E-state index in [9.17, 15) is 14.4 Å². The number of methoxy groups -OCH3 is 1. The second-order valence-corrected chi connectivity index (χ2v) is 7.31. The zero-order chi connectivity index (χ0) is 24.2. The monoisotopic (exact) mass is 470 g/mol.